The van der Waals surface area contributed by atoms with E-state index in [4.69, 9.17) is 5.10 Å². The molecule has 2 atom stereocenters. The molecule has 1 amide bonds. The highest BCUT2D eigenvalue weighted by molar-refractivity contribution is 5.95. The number of benzene rings is 1. The second kappa shape index (κ2) is 12.5. The van der Waals surface area contributed by atoms with Gasteiger partial charge in [0.2, 0.25) is 0 Å². The van der Waals surface area contributed by atoms with E-state index in [-0.39, 0.29) is 23.2 Å². The predicted octanol–water partition coefficient (Wildman–Crippen LogP) is 8.65. The summed E-state index contributed by atoms with van der Waals surface area (Å²) in [4.78, 5) is 18.7. The van der Waals surface area contributed by atoms with Gasteiger partial charge in [-0.3, -0.25) is 4.79 Å². The van der Waals surface area contributed by atoms with Crippen molar-refractivity contribution in [1.29, 1.82) is 0 Å². The highest BCUT2D eigenvalue weighted by atomic mass is 19.4. The lowest BCUT2D eigenvalue weighted by molar-refractivity contribution is -0.142. The van der Waals surface area contributed by atoms with Crippen LogP contribution in [-0.2, 0) is 19.0 Å². The van der Waals surface area contributed by atoms with Crippen molar-refractivity contribution < 1.29 is 27.5 Å². The van der Waals surface area contributed by atoms with E-state index >= 15 is 4.39 Å². The van der Waals surface area contributed by atoms with E-state index < -0.39 is 29.6 Å². The summed E-state index contributed by atoms with van der Waals surface area (Å²) >= 11 is 0. The minimum Gasteiger partial charge on any atom is -0.506 e. The third-order valence-corrected chi connectivity index (χ3v) is 9.54. The number of aryl methyl sites for hydroxylation is 1. The number of amides is 1. The summed E-state index contributed by atoms with van der Waals surface area (Å²) in [6, 6.07) is 4.35. The lowest BCUT2D eigenvalue weighted by Gasteiger charge is -2.36. The van der Waals surface area contributed by atoms with Crippen molar-refractivity contribution in [3.8, 4) is 11.4 Å². The average molecular weight is 615 g/mol. The van der Waals surface area contributed by atoms with Crippen molar-refractivity contribution >= 4 is 5.91 Å². The molecule has 0 radical (unpaired) electrons. The van der Waals surface area contributed by atoms with Gasteiger partial charge in [0.25, 0.3) is 5.91 Å². The maximum absolute atomic E-state index is 16.1. The molecule has 3 heterocycles. The molecule has 238 valence electrons. The lowest BCUT2D eigenvalue weighted by atomic mass is 9.78. The van der Waals surface area contributed by atoms with Gasteiger partial charge in [0.15, 0.2) is 5.69 Å². The van der Waals surface area contributed by atoms with Gasteiger partial charge in [-0.2, -0.15) is 18.3 Å². The highest BCUT2D eigenvalue weighted by Gasteiger charge is 2.39. The molecule has 0 bridgehead atoms. The van der Waals surface area contributed by atoms with E-state index in [9.17, 15) is 23.1 Å². The number of nitrogens with zero attached hydrogens (tertiary/aromatic N) is 4. The topological polar surface area (TPSA) is 71.2 Å². The van der Waals surface area contributed by atoms with E-state index in [1.165, 1.54) is 0 Å². The summed E-state index contributed by atoms with van der Waals surface area (Å²) in [5.41, 5.74) is 3.33. The first-order chi connectivity index (χ1) is 20.9. The molecule has 1 aliphatic carbocycles. The van der Waals surface area contributed by atoms with Gasteiger partial charge in [-0.05, 0) is 67.6 Å². The van der Waals surface area contributed by atoms with Crippen molar-refractivity contribution in [3.05, 3.63) is 69.5 Å². The maximum Gasteiger partial charge on any atom is 0.437 e. The molecule has 5 rings (SSSR count). The molecule has 3 aromatic rings. The van der Waals surface area contributed by atoms with Crippen LogP contribution in [0.15, 0.2) is 24.4 Å². The zero-order chi connectivity index (χ0) is 31.9. The van der Waals surface area contributed by atoms with Gasteiger partial charge < -0.3 is 10.0 Å². The monoisotopic (exact) mass is 614 g/mol. The van der Waals surface area contributed by atoms with E-state index in [1.54, 1.807) is 4.90 Å². The third kappa shape index (κ3) is 5.84. The number of halogens is 4. The Morgan fingerprint density at radius 3 is 2.45 bits per heavy atom. The standard InChI is InChI=1S/C34H42F4N4O2/c1-6-20(5)11-13-24-30-25(7-2)41(33(44)22-17-28(43)32(39-18-22)34(36,37)38)16-15-27(30)42(40-24)26-14-12-23(21-9-8-10-21)31(35)29(26)19(3)4/h12,14,17-21,25,43H,6-11,13,15-16H2,1-5H3. The Morgan fingerprint density at radius 1 is 1.16 bits per heavy atom. The summed E-state index contributed by atoms with van der Waals surface area (Å²) in [5, 5.41) is 15.2. The van der Waals surface area contributed by atoms with Crippen molar-refractivity contribution in [2.75, 3.05) is 6.54 Å². The van der Waals surface area contributed by atoms with Crippen LogP contribution in [0.2, 0.25) is 0 Å². The summed E-state index contributed by atoms with van der Waals surface area (Å²) in [6.45, 7) is 10.6. The van der Waals surface area contributed by atoms with Crippen LogP contribution in [0.5, 0.6) is 5.75 Å². The Bertz CT molecular complexity index is 1530. The number of fused-ring (bicyclic) bond motifs is 1. The molecule has 1 aliphatic heterocycles. The first-order valence-corrected chi connectivity index (χ1v) is 15.9. The lowest BCUT2D eigenvalue weighted by Crippen LogP contribution is -2.40. The van der Waals surface area contributed by atoms with Crippen LogP contribution in [0.4, 0.5) is 17.6 Å². The van der Waals surface area contributed by atoms with Crippen LogP contribution in [0, 0.1) is 11.7 Å². The van der Waals surface area contributed by atoms with Crippen molar-refractivity contribution in [3.63, 3.8) is 0 Å². The van der Waals surface area contributed by atoms with Crippen molar-refractivity contribution in [2.45, 2.75) is 110 Å². The van der Waals surface area contributed by atoms with Crippen LogP contribution in [-0.4, -0.2) is 37.2 Å². The highest BCUT2D eigenvalue weighted by Crippen LogP contribution is 2.43. The van der Waals surface area contributed by atoms with Crippen LogP contribution >= 0.6 is 0 Å². The quantitative estimate of drug-likeness (QED) is 0.245. The molecule has 2 aliphatic rings. The number of hydrogen-bond acceptors (Lipinski definition) is 4. The van der Waals surface area contributed by atoms with Gasteiger partial charge in [-0.15, -0.1) is 0 Å². The number of alkyl halides is 3. The van der Waals surface area contributed by atoms with Crippen LogP contribution < -0.4 is 0 Å². The number of rotatable bonds is 9. The number of carbonyl (C=O) groups excluding carboxylic acids is 1. The summed E-state index contributed by atoms with van der Waals surface area (Å²) in [5.74, 6) is -1.09. The van der Waals surface area contributed by atoms with Crippen molar-refractivity contribution in [2.24, 2.45) is 5.92 Å². The van der Waals surface area contributed by atoms with Crippen LogP contribution in [0.25, 0.3) is 5.69 Å². The van der Waals surface area contributed by atoms with Gasteiger partial charge in [-0.25, -0.2) is 14.1 Å². The summed E-state index contributed by atoms with van der Waals surface area (Å²) < 4.78 is 57.6. The Labute approximate surface area is 256 Å². The molecule has 2 unspecified atom stereocenters. The van der Waals surface area contributed by atoms with E-state index in [0.717, 1.165) is 72.6 Å². The number of hydrogen-bond donors (Lipinski definition) is 1. The molecular formula is C34H42F4N4O2. The molecule has 0 spiro atoms. The van der Waals surface area contributed by atoms with Crippen LogP contribution in [0.3, 0.4) is 0 Å². The molecule has 0 saturated heterocycles. The Kier molecular flexibility index (Phi) is 9.10. The smallest absolute Gasteiger partial charge is 0.437 e. The number of aromatic hydroxyl groups is 1. The zero-order valence-electron chi connectivity index (χ0n) is 26.1. The van der Waals surface area contributed by atoms with Gasteiger partial charge in [-0.1, -0.05) is 53.5 Å². The number of aromatic nitrogens is 3. The Hall–Kier alpha value is -3.43. The van der Waals surface area contributed by atoms with Gasteiger partial charge >= 0.3 is 6.18 Å². The minimum atomic E-state index is -4.83. The summed E-state index contributed by atoms with van der Waals surface area (Å²) in [6.07, 6.45) is 2.74. The fourth-order valence-electron chi connectivity index (χ4n) is 6.64. The molecule has 1 saturated carbocycles. The second-order valence-corrected chi connectivity index (χ2v) is 12.7. The molecule has 1 fully saturated rings. The van der Waals surface area contributed by atoms with Gasteiger partial charge in [0, 0.05) is 30.3 Å². The first kappa shape index (κ1) is 32.0. The van der Waals surface area contributed by atoms with Crippen LogP contribution in [0.1, 0.15) is 135 Å². The second-order valence-electron chi connectivity index (χ2n) is 12.7. The summed E-state index contributed by atoms with van der Waals surface area (Å²) in [7, 11) is 0. The van der Waals surface area contributed by atoms with Gasteiger partial charge in [0.1, 0.15) is 11.6 Å². The van der Waals surface area contributed by atoms with E-state index in [2.05, 4.69) is 18.8 Å². The molecular weight excluding hydrogens is 572 g/mol. The molecule has 6 nitrogen and oxygen atoms in total. The number of carbonyl (C=O) groups is 1. The molecule has 1 N–H and O–H groups in total. The van der Waals surface area contributed by atoms with E-state index in [0.29, 0.717) is 37.3 Å². The van der Waals surface area contributed by atoms with Crippen molar-refractivity contribution in [1.82, 2.24) is 19.7 Å². The molecule has 10 heteroatoms. The average Bonchev–Trinajstić information content (AvgIpc) is 3.32. The molecule has 44 heavy (non-hydrogen) atoms. The SMILES string of the molecule is CCC(C)CCc1nn(-c2ccc(C3CCC3)c(F)c2C(C)C)c2c1C(CC)N(C(=O)c1cnc(C(F)(F)F)c(O)c1)CC2. The third-order valence-electron chi connectivity index (χ3n) is 9.54. The Balaban J connectivity index is 1.59. The van der Waals surface area contributed by atoms with Gasteiger partial charge in [0.05, 0.1) is 28.7 Å². The normalized spacial score (nSPS) is 18.0. The largest absolute Gasteiger partial charge is 0.506 e. The number of pyridine rings is 1. The minimum absolute atomic E-state index is 0.0723. The predicted molar refractivity (Wildman–Crippen MR) is 161 cm³/mol. The molecule has 2 aromatic heterocycles. The Morgan fingerprint density at radius 2 is 1.89 bits per heavy atom. The van der Waals surface area contributed by atoms with E-state index in [1.807, 2.05) is 37.6 Å². The zero-order valence-corrected chi connectivity index (χ0v) is 26.1. The maximum atomic E-state index is 16.1. The fourth-order valence-corrected chi connectivity index (χ4v) is 6.64. The fraction of sp³-hybridized carbons (Fsp3) is 0.559. The first-order valence-electron chi connectivity index (χ1n) is 15.9. The molecule has 1 aromatic carbocycles.